The number of nitriles is 1. The number of aromatic nitrogens is 3. The zero-order chi connectivity index (χ0) is 22.3. The highest BCUT2D eigenvalue weighted by Gasteiger charge is 2.27. The topological polar surface area (TPSA) is 161 Å². The van der Waals surface area contributed by atoms with E-state index in [1.54, 1.807) is 13.1 Å². The molecule has 1 aliphatic carbocycles. The van der Waals surface area contributed by atoms with Crippen LogP contribution in [-0.2, 0) is 9.59 Å². The molecule has 0 bridgehead atoms. The first-order valence-electron chi connectivity index (χ1n) is 9.81. The lowest BCUT2D eigenvalue weighted by Crippen LogP contribution is -2.20. The van der Waals surface area contributed by atoms with Gasteiger partial charge in [0.15, 0.2) is 0 Å². The second-order valence-electron chi connectivity index (χ2n) is 7.33. The first-order chi connectivity index (χ1) is 14.3. The van der Waals surface area contributed by atoms with E-state index >= 15 is 0 Å². The van der Waals surface area contributed by atoms with Crippen LogP contribution in [0.1, 0.15) is 63.4 Å². The van der Waals surface area contributed by atoms with Gasteiger partial charge in [0, 0.05) is 25.6 Å². The lowest BCUT2D eigenvalue weighted by atomic mass is 9.84. The smallest absolute Gasteiger partial charge is 0.314 e. The van der Waals surface area contributed by atoms with Crippen LogP contribution in [0.3, 0.4) is 0 Å². The van der Waals surface area contributed by atoms with Crippen LogP contribution in [0.5, 0.6) is 0 Å². The van der Waals surface area contributed by atoms with Crippen molar-refractivity contribution >= 4 is 28.8 Å². The third kappa shape index (κ3) is 5.90. The van der Waals surface area contributed by atoms with Crippen molar-refractivity contribution in [2.75, 3.05) is 12.4 Å². The molecule has 0 saturated heterocycles. The predicted octanol–water partition coefficient (Wildman–Crippen LogP) is 2.72. The van der Waals surface area contributed by atoms with Gasteiger partial charge in [0.05, 0.1) is 17.8 Å². The molecule has 0 radical (unpaired) electrons. The fourth-order valence-corrected chi connectivity index (χ4v) is 3.70. The number of imidazole rings is 1. The van der Waals surface area contributed by atoms with E-state index in [4.69, 9.17) is 15.5 Å². The second kappa shape index (κ2) is 10.5. The number of hydrogen-bond acceptors (Lipinski definition) is 7. The average Bonchev–Trinajstić information content (AvgIpc) is 3.07. The van der Waals surface area contributed by atoms with Gasteiger partial charge in [-0.15, -0.1) is 0 Å². The summed E-state index contributed by atoms with van der Waals surface area (Å²) in [4.78, 5) is 27.8. The number of carbonyl (C=O) groups is 2. The SMILES string of the molecule is CNc1cc2c(cn1)nc([C@@H](C)O)n2C1CCC(CC#N)CC1.O=C(O)CC(=O)O. The molecule has 162 valence electrons. The van der Waals surface area contributed by atoms with E-state index in [9.17, 15) is 14.7 Å². The molecule has 0 spiro atoms. The fourth-order valence-electron chi connectivity index (χ4n) is 3.70. The van der Waals surface area contributed by atoms with Gasteiger partial charge in [-0.05, 0) is 38.5 Å². The van der Waals surface area contributed by atoms with Crippen LogP contribution in [0.15, 0.2) is 12.3 Å². The van der Waals surface area contributed by atoms with Crippen molar-refractivity contribution in [3.05, 3.63) is 18.1 Å². The highest BCUT2D eigenvalue weighted by molar-refractivity contribution is 5.88. The van der Waals surface area contributed by atoms with E-state index in [1.165, 1.54) is 0 Å². The number of nitrogens with one attached hydrogen (secondary N) is 1. The number of carboxylic acid groups (broad SMARTS) is 2. The van der Waals surface area contributed by atoms with Crippen LogP contribution in [0, 0.1) is 17.2 Å². The van der Waals surface area contributed by atoms with Crippen molar-refractivity contribution in [2.45, 2.75) is 57.6 Å². The molecule has 10 nitrogen and oxygen atoms in total. The molecular formula is C20H27N5O5. The second-order valence-corrected chi connectivity index (χ2v) is 7.33. The molecule has 0 amide bonds. The summed E-state index contributed by atoms with van der Waals surface area (Å²) in [6, 6.07) is 4.61. The number of pyridine rings is 1. The largest absolute Gasteiger partial charge is 0.481 e. The van der Waals surface area contributed by atoms with Crippen LogP contribution >= 0.6 is 0 Å². The van der Waals surface area contributed by atoms with Gasteiger partial charge in [0.2, 0.25) is 0 Å². The van der Waals surface area contributed by atoms with Gasteiger partial charge in [-0.3, -0.25) is 9.59 Å². The first-order valence-corrected chi connectivity index (χ1v) is 9.81. The van der Waals surface area contributed by atoms with E-state index in [1.807, 2.05) is 13.1 Å². The highest BCUT2D eigenvalue weighted by Crippen LogP contribution is 2.37. The van der Waals surface area contributed by atoms with Crippen molar-refractivity contribution in [3.63, 3.8) is 0 Å². The van der Waals surface area contributed by atoms with Gasteiger partial charge in [0.1, 0.15) is 29.7 Å². The molecule has 10 heteroatoms. The Bertz CT molecular complexity index is 914. The van der Waals surface area contributed by atoms with Gasteiger partial charge in [-0.2, -0.15) is 5.26 Å². The monoisotopic (exact) mass is 417 g/mol. The quantitative estimate of drug-likeness (QED) is 0.518. The predicted molar refractivity (Wildman–Crippen MR) is 109 cm³/mol. The summed E-state index contributed by atoms with van der Waals surface area (Å²) < 4.78 is 2.19. The van der Waals surface area contributed by atoms with Gasteiger partial charge in [0.25, 0.3) is 0 Å². The number of rotatable bonds is 6. The van der Waals surface area contributed by atoms with Gasteiger partial charge in [-0.1, -0.05) is 0 Å². The minimum absolute atomic E-state index is 0.326. The Hall–Kier alpha value is -3.19. The maximum atomic E-state index is 10.1. The Morgan fingerprint density at radius 1 is 1.30 bits per heavy atom. The summed E-state index contributed by atoms with van der Waals surface area (Å²) in [7, 11) is 1.84. The van der Waals surface area contributed by atoms with E-state index in [2.05, 4.69) is 25.9 Å². The lowest BCUT2D eigenvalue weighted by Gasteiger charge is -2.30. The number of aliphatic hydroxyl groups excluding tert-OH is 1. The molecule has 2 aromatic heterocycles. The van der Waals surface area contributed by atoms with Crippen LogP contribution in [0.2, 0.25) is 0 Å². The lowest BCUT2D eigenvalue weighted by molar-refractivity contribution is -0.147. The first kappa shape index (κ1) is 23.1. The summed E-state index contributed by atoms with van der Waals surface area (Å²) in [5.41, 5.74) is 1.84. The number of hydrogen-bond donors (Lipinski definition) is 4. The molecule has 0 aliphatic heterocycles. The van der Waals surface area contributed by atoms with E-state index < -0.39 is 24.5 Å². The van der Waals surface area contributed by atoms with Crippen LogP contribution in [0.25, 0.3) is 11.0 Å². The molecule has 0 aromatic carbocycles. The molecule has 1 fully saturated rings. The van der Waals surface area contributed by atoms with Crippen molar-refractivity contribution in [1.82, 2.24) is 14.5 Å². The number of aliphatic carboxylic acids is 2. The third-order valence-corrected chi connectivity index (χ3v) is 5.10. The van der Waals surface area contributed by atoms with Crippen molar-refractivity contribution in [2.24, 2.45) is 5.92 Å². The van der Waals surface area contributed by atoms with Crippen molar-refractivity contribution < 1.29 is 24.9 Å². The fraction of sp³-hybridized carbons (Fsp3) is 0.550. The molecule has 30 heavy (non-hydrogen) atoms. The molecule has 3 rings (SSSR count). The molecule has 1 atom stereocenters. The third-order valence-electron chi connectivity index (χ3n) is 5.10. The number of anilines is 1. The van der Waals surface area contributed by atoms with E-state index in [-0.39, 0.29) is 0 Å². The molecule has 4 N–H and O–H groups in total. The molecule has 2 aromatic rings. The zero-order valence-corrected chi connectivity index (χ0v) is 17.1. The van der Waals surface area contributed by atoms with Crippen LogP contribution in [-0.4, -0.2) is 48.8 Å². The number of nitrogens with zero attached hydrogens (tertiary/aromatic N) is 4. The summed E-state index contributed by atoms with van der Waals surface area (Å²) in [5.74, 6) is -0.608. The van der Waals surface area contributed by atoms with E-state index in [0.717, 1.165) is 42.5 Å². The van der Waals surface area contributed by atoms with E-state index in [0.29, 0.717) is 24.2 Å². The van der Waals surface area contributed by atoms with Crippen molar-refractivity contribution in [1.29, 1.82) is 5.26 Å². The average molecular weight is 417 g/mol. The minimum Gasteiger partial charge on any atom is -0.481 e. The van der Waals surface area contributed by atoms with Gasteiger partial charge in [-0.25, -0.2) is 9.97 Å². The van der Waals surface area contributed by atoms with Crippen LogP contribution < -0.4 is 5.32 Å². The summed E-state index contributed by atoms with van der Waals surface area (Å²) in [6.07, 6.45) is 5.14. The van der Waals surface area contributed by atoms with Gasteiger partial charge < -0.3 is 25.2 Å². The number of fused-ring (bicyclic) bond motifs is 1. The van der Waals surface area contributed by atoms with Crippen LogP contribution in [0.4, 0.5) is 5.82 Å². The maximum absolute atomic E-state index is 10.1. The molecule has 1 aliphatic rings. The maximum Gasteiger partial charge on any atom is 0.314 e. The Morgan fingerprint density at radius 3 is 2.40 bits per heavy atom. The zero-order valence-electron chi connectivity index (χ0n) is 17.1. The Kier molecular flexibility index (Phi) is 8.12. The minimum atomic E-state index is -1.31. The molecule has 0 unspecified atom stereocenters. The summed E-state index contributed by atoms with van der Waals surface area (Å²) >= 11 is 0. The Balaban J connectivity index is 0.000000396. The van der Waals surface area contributed by atoms with Gasteiger partial charge >= 0.3 is 11.9 Å². The molecule has 2 heterocycles. The van der Waals surface area contributed by atoms with Crippen molar-refractivity contribution in [3.8, 4) is 6.07 Å². The highest BCUT2D eigenvalue weighted by atomic mass is 16.4. The Labute approximate surface area is 174 Å². The normalized spacial score (nSPS) is 19.3. The summed E-state index contributed by atoms with van der Waals surface area (Å²) in [5, 5.41) is 37.5. The number of aliphatic hydroxyl groups is 1. The Morgan fingerprint density at radius 2 is 1.93 bits per heavy atom. The number of carboxylic acids is 2. The summed E-state index contributed by atoms with van der Waals surface area (Å²) in [6.45, 7) is 1.76. The standard InChI is InChI=1S/C17H23N5O.C3H4O4/c1-11(23)17-21-14-10-20-16(19-2)9-15(14)22(17)13-5-3-12(4-6-13)7-8-18;4-2(5)1-3(6)7/h9-13,23H,3-7H2,1-2H3,(H,19,20);1H2,(H,4,5)(H,6,7)/t11-,12?,13?;/m1./s1. The molecule has 1 saturated carbocycles. The molecular weight excluding hydrogens is 390 g/mol.